The van der Waals surface area contributed by atoms with Crippen LogP contribution in [-0.4, -0.2) is 43.2 Å². The molecule has 0 unspecified atom stereocenters. The Kier molecular flexibility index (Phi) is 6.43. The summed E-state index contributed by atoms with van der Waals surface area (Å²) in [6.07, 6.45) is 9.52. The Bertz CT molecular complexity index is 1090. The molecule has 0 spiro atoms. The van der Waals surface area contributed by atoms with Crippen molar-refractivity contribution in [2.45, 2.75) is 12.8 Å². The van der Waals surface area contributed by atoms with E-state index in [4.69, 9.17) is 9.47 Å². The predicted octanol–water partition coefficient (Wildman–Crippen LogP) is 4.22. The average molecular weight is 418 g/mol. The van der Waals surface area contributed by atoms with E-state index in [1.807, 2.05) is 55.7 Å². The maximum atomic E-state index is 12.1. The predicted molar refractivity (Wildman–Crippen MR) is 123 cm³/mol. The third-order valence-electron chi connectivity index (χ3n) is 5.13. The number of aromatic nitrogens is 2. The van der Waals surface area contributed by atoms with Crippen molar-refractivity contribution in [3.8, 4) is 5.75 Å². The molecule has 1 fully saturated rings. The molecule has 0 radical (unpaired) electrons. The van der Waals surface area contributed by atoms with Crippen molar-refractivity contribution in [2.75, 3.05) is 38.0 Å². The van der Waals surface area contributed by atoms with Crippen molar-refractivity contribution in [1.82, 2.24) is 9.97 Å². The van der Waals surface area contributed by atoms with Crippen molar-refractivity contribution in [3.63, 3.8) is 0 Å². The summed E-state index contributed by atoms with van der Waals surface area (Å²) < 4.78 is 10.6. The summed E-state index contributed by atoms with van der Waals surface area (Å²) in [7, 11) is 3.48. The molecule has 1 aromatic carbocycles. The van der Waals surface area contributed by atoms with E-state index in [0.29, 0.717) is 19.0 Å². The van der Waals surface area contributed by atoms with E-state index >= 15 is 0 Å². The Morgan fingerprint density at radius 2 is 1.90 bits per heavy atom. The minimum atomic E-state index is 0.0413. The van der Waals surface area contributed by atoms with E-state index < -0.39 is 0 Å². The number of rotatable bonds is 9. The Morgan fingerprint density at radius 3 is 2.61 bits per heavy atom. The van der Waals surface area contributed by atoms with Crippen LogP contribution in [0.25, 0.3) is 22.9 Å². The van der Waals surface area contributed by atoms with Crippen LogP contribution >= 0.6 is 0 Å². The summed E-state index contributed by atoms with van der Waals surface area (Å²) >= 11 is 0. The largest absolute Gasteiger partial charge is 0.491 e. The van der Waals surface area contributed by atoms with Crippen LogP contribution in [0.1, 0.15) is 24.0 Å². The molecule has 3 aromatic rings. The number of methoxy groups -OCH3 is 1. The summed E-state index contributed by atoms with van der Waals surface area (Å²) in [5, 5.41) is 7.89. The number of fused-ring (bicyclic) bond motifs is 1. The maximum Gasteiger partial charge on any atom is 0.228 e. The van der Waals surface area contributed by atoms with Gasteiger partial charge in [0.2, 0.25) is 5.91 Å². The van der Waals surface area contributed by atoms with Gasteiger partial charge in [-0.25, -0.2) is 9.97 Å². The fourth-order valence-corrected chi connectivity index (χ4v) is 3.23. The lowest BCUT2D eigenvalue weighted by molar-refractivity contribution is -0.117. The molecule has 4 rings (SSSR count). The molecule has 31 heavy (non-hydrogen) atoms. The standard InChI is InChI=1S/C24H26N4O3/c1-25-23-21-15-26-22(28-24(29)17-7-8-17)13-20(21)18(14-27-23)6-3-16-4-9-19(10-5-16)31-12-11-30-2/h3-6,9-10,13-15,17H,7-8,11-12H2,1-2H3,(H,25,27)(H,26,28,29). The second-order valence-electron chi connectivity index (χ2n) is 7.43. The van der Waals surface area contributed by atoms with Crippen LogP contribution in [0.3, 0.4) is 0 Å². The van der Waals surface area contributed by atoms with E-state index in [1.165, 1.54) is 0 Å². The smallest absolute Gasteiger partial charge is 0.228 e. The van der Waals surface area contributed by atoms with Gasteiger partial charge in [-0.1, -0.05) is 24.3 Å². The SMILES string of the molecule is CNc1ncc(C=Cc2ccc(OCCOC)cc2)c2cc(NC(=O)C3CC3)ncc12. The molecule has 7 heteroatoms. The number of anilines is 2. The van der Waals surface area contributed by atoms with E-state index in [9.17, 15) is 4.79 Å². The lowest BCUT2D eigenvalue weighted by Crippen LogP contribution is -2.14. The molecule has 2 aromatic heterocycles. The number of benzene rings is 1. The highest BCUT2D eigenvalue weighted by Gasteiger charge is 2.29. The van der Waals surface area contributed by atoms with Crippen molar-refractivity contribution in [3.05, 3.63) is 53.9 Å². The number of carbonyl (C=O) groups excluding carboxylic acids is 1. The van der Waals surface area contributed by atoms with E-state index in [2.05, 4.69) is 20.6 Å². The van der Waals surface area contributed by atoms with Crippen LogP contribution in [0, 0.1) is 5.92 Å². The highest BCUT2D eigenvalue weighted by molar-refractivity contribution is 6.01. The number of nitrogens with zero attached hydrogens (tertiary/aromatic N) is 2. The number of carbonyl (C=O) groups is 1. The molecule has 0 saturated heterocycles. The zero-order valence-corrected chi connectivity index (χ0v) is 17.7. The topological polar surface area (TPSA) is 85.4 Å². The minimum Gasteiger partial charge on any atom is -0.491 e. The summed E-state index contributed by atoms with van der Waals surface area (Å²) in [4.78, 5) is 21.0. The van der Waals surface area contributed by atoms with Crippen molar-refractivity contribution < 1.29 is 14.3 Å². The van der Waals surface area contributed by atoms with Gasteiger partial charge in [-0.15, -0.1) is 0 Å². The lowest BCUT2D eigenvalue weighted by atomic mass is 10.1. The second-order valence-corrected chi connectivity index (χ2v) is 7.43. The van der Waals surface area contributed by atoms with Crippen LogP contribution in [-0.2, 0) is 9.53 Å². The number of ether oxygens (including phenoxy) is 2. The van der Waals surface area contributed by atoms with Gasteiger partial charge in [-0.2, -0.15) is 0 Å². The first-order valence-electron chi connectivity index (χ1n) is 10.3. The van der Waals surface area contributed by atoms with Crippen molar-refractivity contribution in [2.24, 2.45) is 5.92 Å². The first-order valence-corrected chi connectivity index (χ1v) is 10.3. The zero-order valence-electron chi connectivity index (χ0n) is 17.7. The molecule has 0 aliphatic heterocycles. The molecule has 160 valence electrons. The first-order chi connectivity index (χ1) is 15.2. The number of pyridine rings is 2. The zero-order chi connectivity index (χ0) is 21.6. The number of nitrogens with one attached hydrogen (secondary N) is 2. The molecule has 0 atom stereocenters. The average Bonchev–Trinajstić information content (AvgIpc) is 3.64. The van der Waals surface area contributed by atoms with Crippen molar-refractivity contribution >= 4 is 40.5 Å². The quantitative estimate of drug-likeness (QED) is 0.506. The molecule has 1 saturated carbocycles. The van der Waals surface area contributed by atoms with E-state index in [-0.39, 0.29) is 11.8 Å². The van der Waals surface area contributed by atoms with Gasteiger partial charge >= 0.3 is 0 Å². The lowest BCUT2D eigenvalue weighted by Gasteiger charge is -2.10. The number of hydrogen-bond acceptors (Lipinski definition) is 6. The third-order valence-corrected chi connectivity index (χ3v) is 5.13. The van der Waals surface area contributed by atoms with Gasteiger partial charge in [0, 0.05) is 43.4 Å². The molecular formula is C24H26N4O3. The van der Waals surface area contributed by atoms with Gasteiger partial charge in [-0.05, 0) is 42.0 Å². The molecule has 1 aliphatic rings. The summed E-state index contributed by atoms with van der Waals surface area (Å²) in [6, 6.07) is 9.78. The van der Waals surface area contributed by atoms with Gasteiger partial charge in [0.15, 0.2) is 0 Å². The van der Waals surface area contributed by atoms with Crippen LogP contribution in [0.15, 0.2) is 42.7 Å². The first kappa shape index (κ1) is 20.8. The Morgan fingerprint density at radius 1 is 1.10 bits per heavy atom. The van der Waals surface area contributed by atoms with Gasteiger partial charge in [-0.3, -0.25) is 4.79 Å². The van der Waals surface area contributed by atoms with Gasteiger partial charge in [0.05, 0.1) is 6.61 Å². The third kappa shape index (κ3) is 5.19. The van der Waals surface area contributed by atoms with Crippen LogP contribution in [0.5, 0.6) is 5.75 Å². The monoisotopic (exact) mass is 418 g/mol. The normalized spacial score (nSPS) is 13.5. The molecular weight excluding hydrogens is 392 g/mol. The van der Waals surface area contributed by atoms with Gasteiger partial charge < -0.3 is 20.1 Å². The van der Waals surface area contributed by atoms with Crippen LogP contribution in [0.4, 0.5) is 11.6 Å². The van der Waals surface area contributed by atoms with E-state index in [1.54, 1.807) is 13.3 Å². The molecule has 1 aliphatic carbocycles. The Hall–Kier alpha value is -3.45. The van der Waals surface area contributed by atoms with E-state index in [0.717, 1.165) is 46.3 Å². The molecule has 2 N–H and O–H groups in total. The fourth-order valence-electron chi connectivity index (χ4n) is 3.23. The summed E-state index contributed by atoms with van der Waals surface area (Å²) in [5.74, 6) is 2.28. The van der Waals surface area contributed by atoms with Gasteiger partial charge in [0.25, 0.3) is 0 Å². The fraction of sp³-hybridized carbons (Fsp3) is 0.292. The minimum absolute atomic E-state index is 0.0413. The van der Waals surface area contributed by atoms with Gasteiger partial charge in [0.1, 0.15) is 24.0 Å². The molecule has 1 amide bonds. The highest BCUT2D eigenvalue weighted by atomic mass is 16.5. The number of hydrogen-bond donors (Lipinski definition) is 2. The molecule has 7 nitrogen and oxygen atoms in total. The Balaban J connectivity index is 1.57. The summed E-state index contributed by atoms with van der Waals surface area (Å²) in [5.41, 5.74) is 1.99. The summed E-state index contributed by atoms with van der Waals surface area (Å²) in [6.45, 7) is 1.08. The van der Waals surface area contributed by atoms with Crippen LogP contribution < -0.4 is 15.4 Å². The van der Waals surface area contributed by atoms with Crippen molar-refractivity contribution in [1.29, 1.82) is 0 Å². The maximum absolute atomic E-state index is 12.1. The Labute approximate surface area is 181 Å². The second kappa shape index (κ2) is 9.57. The highest BCUT2D eigenvalue weighted by Crippen LogP contribution is 2.31. The number of amides is 1. The molecule has 0 bridgehead atoms. The van der Waals surface area contributed by atoms with Crippen LogP contribution in [0.2, 0.25) is 0 Å². The molecule has 2 heterocycles.